The molecule has 22 heavy (non-hydrogen) atoms. The fourth-order valence-corrected chi connectivity index (χ4v) is 3.82. The number of thioether (sulfide) groups is 2. The second-order valence-electron chi connectivity index (χ2n) is 4.62. The summed E-state index contributed by atoms with van der Waals surface area (Å²) < 4.78 is 6.53. The van der Waals surface area contributed by atoms with Crippen LogP contribution in [0.2, 0.25) is 10.0 Å². The van der Waals surface area contributed by atoms with E-state index in [0.29, 0.717) is 17.7 Å². The molecule has 0 aliphatic carbocycles. The van der Waals surface area contributed by atoms with Crippen LogP contribution in [0.1, 0.15) is 22.3 Å². The summed E-state index contributed by atoms with van der Waals surface area (Å²) in [6, 6.07) is 1.71. The number of halogens is 2. The molecule has 1 atom stereocenters. The van der Waals surface area contributed by atoms with Crippen LogP contribution in [-0.2, 0) is 11.2 Å². The number of hydrogen-bond donors (Lipinski definition) is 0. The Kier molecular flexibility index (Phi) is 6.26. The summed E-state index contributed by atoms with van der Waals surface area (Å²) in [5.41, 5.74) is 1.18. The van der Waals surface area contributed by atoms with Crippen molar-refractivity contribution in [2.45, 2.75) is 18.9 Å². The average molecular weight is 377 g/mol. The van der Waals surface area contributed by atoms with Gasteiger partial charge >= 0.3 is 0 Å². The Bertz CT molecular complexity index is 638. The maximum Gasteiger partial charge on any atom is 0.189 e. The first-order chi connectivity index (χ1) is 10.5. The smallest absolute Gasteiger partial charge is 0.189 e. The first-order valence-corrected chi connectivity index (χ1v) is 9.67. The Morgan fingerprint density at radius 3 is 2.64 bits per heavy atom. The van der Waals surface area contributed by atoms with E-state index in [1.54, 1.807) is 12.1 Å². The lowest BCUT2D eigenvalue weighted by molar-refractivity contribution is -0.109. The van der Waals surface area contributed by atoms with E-state index in [1.807, 2.05) is 12.5 Å². The quantitative estimate of drug-likeness (QED) is 0.411. The number of ether oxygens (including phenoxy) is 1. The number of hydrogen-bond acceptors (Lipinski definition) is 5. The Balaban J connectivity index is 2.38. The number of rotatable bonds is 6. The van der Waals surface area contributed by atoms with Crippen LogP contribution in [0.3, 0.4) is 0 Å². The van der Waals surface area contributed by atoms with Crippen LogP contribution < -0.4 is 4.74 Å². The summed E-state index contributed by atoms with van der Waals surface area (Å²) in [6.45, 7) is 0. The van der Waals surface area contributed by atoms with Crippen molar-refractivity contribution in [3.63, 3.8) is 0 Å². The molecule has 0 amide bonds. The summed E-state index contributed by atoms with van der Waals surface area (Å²) in [6.07, 6.45) is 6.77. The zero-order valence-corrected chi connectivity index (χ0v) is 15.2. The van der Waals surface area contributed by atoms with Crippen molar-refractivity contribution in [3.05, 3.63) is 37.6 Å². The van der Waals surface area contributed by atoms with Crippen LogP contribution in [0.5, 0.6) is 5.75 Å². The summed E-state index contributed by atoms with van der Waals surface area (Å²) in [5.74, 6) is 0.293. The molecule has 0 fully saturated rings. The van der Waals surface area contributed by atoms with Gasteiger partial charge in [-0.3, -0.25) is 4.79 Å². The SMILES string of the molecule is CSC(=CC(=O)c1cc2c(c(Cl)c1Cl)OC(CC=O)C2)SC. The van der Waals surface area contributed by atoms with E-state index in [9.17, 15) is 9.59 Å². The highest BCUT2D eigenvalue weighted by atomic mass is 35.5. The molecule has 1 heterocycles. The van der Waals surface area contributed by atoms with Gasteiger partial charge in [0.1, 0.15) is 23.2 Å². The minimum absolute atomic E-state index is 0.188. The largest absolute Gasteiger partial charge is 0.488 e. The van der Waals surface area contributed by atoms with Gasteiger partial charge in [0.15, 0.2) is 5.78 Å². The number of aldehydes is 1. The third-order valence-corrected chi connectivity index (χ3v) is 6.14. The van der Waals surface area contributed by atoms with Gasteiger partial charge in [0.05, 0.1) is 5.02 Å². The highest BCUT2D eigenvalue weighted by molar-refractivity contribution is 8.21. The summed E-state index contributed by atoms with van der Waals surface area (Å²) in [5, 5.41) is 0.425. The third kappa shape index (κ3) is 3.65. The van der Waals surface area contributed by atoms with E-state index in [1.165, 1.54) is 23.5 Å². The van der Waals surface area contributed by atoms with E-state index >= 15 is 0 Å². The summed E-state index contributed by atoms with van der Waals surface area (Å²) >= 11 is 15.4. The van der Waals surface area contributed by atoms with E-state index < -0.39 is 0 Å². The molecule has 0 N–H and O–H groups in total. The molecule has 1 aromatic carbocycles. The van der Waals surface area contributed by atoms with Crippen molar-refractivity contribution in [3.8, 4) is 5.75 Å². The van der Waals surface area contributed by atoms with Gasteiger partial charge in [-0.25, -0.2) is 0 Å². The number of carbonyl (C=O) groups excluding carboxylic acids is 2. The monoisotopic (exact) mass is 376 g/mol. The van der Waals surface area contributed by atoms with Crippen molar-refractivity contribution in [2.24, 2.45) is 0 Å². The number of carbonyl (C=O) groups is 2. The van der Waals surface area contributed by atoms with Crippen molar-refractivity contribution >= 4 is 58.8 Å². The van der Waals surface area contributed by atoms with E-state index in [0.717, 1.165) is 16.1 Å². The molecule has 0 bridgehead atoms. The van der Waals surface area contributed by atoms with Crippen LogP contribution in [0.15, 0.2) is 16.4 Å². The predicted molar refractivity (Wildman–Crippen MR) is 94.7 cm³/mol. The van der Waals surface area contributed by atoms with Gasteiger partial charge in [-0.2, -0.15) is 0 Å². The Morgan fingerprint density at radius 2 is 2.05 bits per heavy atom. The number of allylic oxidation sites excluding steroid dienone is 1. The van der Waals surface area contributed by atoms with Crippen molar-refractivity contribution in [1.29, 1.82) is 0 Å². The molecule has 118 valence electrons. The molecule has 1 unspecified atom stereocenters. The lowest BCUT2D eigenvalue weighted by atomic mass is 10.0. The van der Waals surface area contributed by atoms with Gasteiger partial charge in [0.25, 0.3) is 0 Å². The highest BCUT2D eigenvalue weighted by Gasteiger charge is 2.29. The molecule has 0 aromatic heterocycles. The number of fused-ring (bicyclic) bond motifs is 1. The van der Waals surface area contributed by atoms with Gasteiger partial charge in [-0.15, -0.1) is 23.5 Å². The van der Waals surface area contributed by atoms with Crippen LogP contribution in [-0.4, -0.2) is 30.7 Å². The molecule has 1 aliphatic heterocycles. The molecule has 0 saturated heterocycles. The molecule has 1 aromatic rings. The zero-order chi connectivity index (χ0) is 16.3. The Hall–Kier alpha value is -0.620. The maximum absolute atomic E-state index is 12.4. The van der Waals surface area contributed by atoms with E-state index in [2.05, 4.69) is 0 Å². The summed E-state index contributed by atoms with van der Waals surface area (Å²) in [4.78, 5) is 23.0. The minimum Gasteiger partial charge on any atom is -0.488 e. The fourth-order valence-electron chi connectivity index (χ4n) is 2.20. The van der Waals surface area contributed by atoms with Gasteiger partial charge in [-0.1, -0.05) is 23.2 Å². The molecule has 0 spiro atoms. The normalized spacial score (nSPS) is 15.9. The number of benzene rings is 1. The second-order valence-corrected chi connectivity index (χ2v) is 7.33. The van der Waals surface area contributed by atoms with Crippen molar-refractivity contribution < 1.29 is 14.3 Å². The predicted octanol–water partition coefficient (Wildman–Crippen LogP) is 4.64. The van der Waals surface area contributed by atoms with Gasteiger partial charge in [0.2, 0.25) is 0 Å². The van der Waals surface area contributed by atoms with Crippen molar-refractivity contribution in [1.82, 2.24) is 0 Å². The lowest BCUT2D eigenvalue weighted by Crippen LogP contribution is -2.12. The number of ketones is 1. The van der Waals surface area contributed by atoms with E-state index in [-0.39, 0.29) is 28.4 Å². The van der Waals surface area contributed by atoms with Gasteiger partial charge in [-0.05, 0) is 18.6 Å². The summed E-state index contributed by atoms with van der Waals surface area (Å²) in [7, 11) is 0. The fraction of sp³-hybridized carbons (Fsp3) is 0.333. The first kappa shape index (κ1) is 17.7. The topological polar surface area (TPSA) is 43.4 Å². The maximum atomic E-state index is 12.4. The molecule has 1 aliphatic rings. The van der Waals surface area contributed by atoms with E-state index in [4.69, 9.17) is 27.9 Å². The molecule has 3 nitrogen and oxygen atoms in total. The van der Waals surface area contributed by atoms with Gasteiger partial charge in [0, 0.05) is 34.3 Å². The lowest BCUT2D eigenvalue weighted by Gasteiger charge is -2.09. The molecule has 0 saturated carbocycles. The van der Waals surface area contributed by atoms with Crippen LogP contribution >= 0.6 is 46.7 Å². The molecule has 2 rings (SSSR count). The van der Waals surface area contributed by atoms with Crippen LogP contribution in [0, 0.1) is 0 Å². The van der Waals surface area contributed by atoms with Crippen molar-refractivity contribution in [2.75, 3.05) is 12.5 Å². The van der Waals surface area contributed by atoms with Gasteiger partial charge < -0.3 is 9.53 Å². The van der Waals surface area contributed by atoms with Crippen LogP contribution in [0.4, 0.5) is 0 Å². The standard InChI is InChI=1S/C15H14Cl2O3S2/c1-21-12(22-2)7-11(19)10-6-8-5-9(3-4-18)20-15(8)14(17)13(10)16/h4,6-7,9H,3,5H2,1-2H3. The van der Waals surface area contributed by atoms with Crippen LogP contribution in [0.25, 0.3) is 0 Å². The first-order valence-electron chi connectivity index (χ1n) is 6.47. The average Bonchev–Trinajstić information content (AvgIpc) is 2.91. The molecule has 7 heteroatoms. The Labute approximate surface area is 147 Å². The Morgan fingerprint density at radius 1 is 1.36 bits per heavy atom. The zero-order valence-electron chi connectivity index (χ0n) is 12.0. The molecule has 0 radical (unpaired) electrons. The molecular weight excluding hydrogens is 363 g/mol. The second kappa shape index (κ2) is 7.77. The minimum atomic E-state index is -0.241. The molecular formula is C15H14Cl2O3S2. The highest BCUT2D eigenvalue weighted by Crippen LogP contribution is 2.43. The third-order valence-electron chi connectivity index (χ3n) is 3.25.